The van der Waals surface area contributed by atoms with E-state index in [2.05, 4.69) is 0 Å². The molecule has 30 heavy (non-hydrogen) atoms. The minimum Gasteiger partial charge on any atom is -0.497 e. The van der Waals surface area contributed by atoms with E-state index in [1.807, 2.05) is 34.1 Å². The summed E-state index contributed by atoms with van der Waals surface area (Å²) < 4.78 is 18.7. The zero-order valence-electron chi connectivity index (χ0n) is 17.3. The number of ether oxygens (including phenoxy) is 1. The Morgan fingerprint density at radius 1 is 1.10 bits per heavy atom. The molecule has 2 aromatic rings. The van der Waals surface area contributed by atoms with Gasteiger partial charge in [-0.3, -0.25) is 9.59 Å². The number of hydrogen-bond donors (Lipinski definition) is 0. The predicted octanol–water partition coefficient (Wildman–Crippen LogP) is 3.88. The molecule has 0 bridgehead atoms. The molecular formula is C24H27FN2O3. The standard InChI is InChI=1S/C24H27FN2O3/c1-30-21-7-5-18(6-8-21)16-27-17-24(10-9-22(27)28)11-13-26(14-12-24)23(29)19-3-2-4-20(25)15-19/h2-8,15H,9-14,16-17H2,1H3. The summed E-state index contributed by atoms with van der Waals surface area (Å²) in [6, 6.07) is 13.7. The maximum atomic E-state index is 13.5. The first-order valence-corrected chi connectivity index (χ1v) is 10.4. The third-order valence-corrected chi connectivity index (χ3v) is 6.46. The predicted molar refractivity (Wildman–Crippen MR) is 112 cm³/mol. The number of hydrogen-bond acceptors (Lipinski definition) is 3. The highest BCUT2D eigenvalue weighted by Gasteiger charge is 2.41. The SMILES string of the molecule is COc1ccc(CN2CC3(CCC2=O)CCN(C(=O)c2cccc(F)c2)CC3)cc1. The Morgan fingerprint density at radius 3 is 2.50 bits per heavy atom. The van der Waals surface area contributed by atoms with Crippen molar-refractivity contribution in [1.82, 2.24) is 9.80 Å². The number of piperidine rings is 2. The van der Waals surface area contributed by atoms with Gasteiger partial charge in [-0.1, -0.05) is 18.2 Å². The zero-order chi connectivity index (χ0) is 21.1. The van der Waals surface area contributed by atoms with Crippen molar-refractivity contribution < 1.29 is 18.7 Å². The molecule has 2 heterocycles. The number of rotatable bonds is 4. The summed E-state index contributed by atoms with van der Waals surface area (Å²) in [5, 5.41) is 0. The first kappa shape index (κ1) is 20.4. The molecule has 2 saturated heterocycles. The van der Waals surface area contributed by atoms with Gasteiger partial charge in [0.15, 0.2) is 0 Å². The Hall–Kier alpha value is -2.89. The summed E-state index contributed by atoms with van der Waals surface area (Å²) in [6.45, 7) is 2.59. The molecule has 2 aromatic carbocycles. The van der Waals surface area contributed by atoms with Gasteiger partial charge in [-0.15, -0.1) is 0 Å². The third-order valence-electron chi connectivity index (χ3n) is 6.46. The van der Waals surface area contributed by atoms with Gasteiger partial charge in [0.2, 0.25) is 5.91 Å². The lowest BCUT2D eigenvalue weighted by Crippen LogP contribution is -2.52. The fourth-order valence-corrected chi connectivity index (χ4v) is 4.59. The Balaban J connectivity index is 1.39. The first-order valence-electron chi connectivity index (χ1n) is 10.4. The lowest BCUT2D eigenvalue weighted by molar-refractivity contribution is -0.139. The lowest BCUT2D eigenvalue weighted by atomic mass is 9.72. The minimum atomic E-state index is -0.394. The molecule has 1 spiro atoms. The Bertz CT molecular complexity index is 920. The second kappa shape index (κ2) is 8.46. The fraction of sp³-hybridized carbons (Fsp3) is 0.417. The summed E-state index contributed by atoms with van der Waals surface area (Å²) in [4.78, 5) is 29.0. The fourth-order valence-electron chi connectivity index (χ4n) is 4.59. The van der Waals surface area contributed by atoms with Crippen LogP contribution in [0.1, 0.15) is 41.6 Å². The molecule has 0 aliphatic carbocycles. The van der Waals surface area contributed by atoms with Crippen LogP contribution in [-0.2, 0) is 11.3 Å². The Kier molecular flexibility index (Phi) is 5.75. The number of nitrogens with zero attached hydrogens (tertiary/aromatic N) is 2. The highest BCUT2D eigenvalue weighted by molar-refractivity contribution is 5.94. The van der Waals surface area contributed by atoms with E-state index in [4.69, 9.17) is 4.74 Å². The van der Waals surface area contributed by atoms with Crippen LogP contribution in [0.4, 0.5) is 4.39 Å². The van der Waals surface area contributed by atoms with Gasteiger partial charge in [0.05, 0.1) is 7.11 Å². The molecule has 2 fully saturated rings. The molecule has 0 aromatic heterocycles. The van der Waals surface area contributed by atoms with E-state index in [1.165, 1.54) is 12.1 Å². The van der Waals surface area contributed by atoms with Crippen LogP contribution >= 0.6 is 0 Å². The minimum absolute atomic E-state index is 0.0547. The lowest BCUT2D eigenvalue weighted by Gasteiger charge is -2.47. The molecule has 0 atom stereocenters. The molecule has 0 radical (unpaired) electrons. The monoisotopic (exact) mass is 410 g/mol. The second-order valence-corrected chi connectivity index (χ2v) is 8.40. The van der Waals surface area contributed by atoms with Crippen molar-refractivity contribution in [1.29, 1.82) is 0 Å². The van der Waals surface area contributed by atoms with Gasteiger partial charge < -0.3 is 14.5 Å². The van der Waals surface area contributed by atoms with Crippen molar-refractivity contribution in [3.63, 3.8) is 0 Å². The van der Waals surface area contributed by atoms with Crippen molar-refractivity contribution in [2.45, 2.75) is 32.2 Å². The van der Waals surface area contributed by atoms with Crippen LogP contribution in [0.25, 0.3) is 0 Å². The average molecular weight is 410 g/mol. The molecule has 0 N–H and O–H groups in total. The summed E-state index contributed by atoms with van der Waals surface area (Å²) in [7, 11) is 1.64. The van der Waals surface area contributed by atoms with Crippen LogP contribution in [0.15, 0.2) is 48.5 Å². The van der Waals surface area contributed by atoms with E-state index < -0.39 is 5.82 Å². The van der Waals surface area contributed by atoms with Crippen LogP contribution in [-0.4, -0.2) is 48.4 Å². The first-order chi connectivity index (χ1) is 14.5. The van der Waals surface area contributed by atoms with Crippen molar-refractivity contribution in [2.24, 2.45) is 5.41 Å². The second-order valence-electron chi connectivity index (χ2n) is 8.40. The third kappa shape index (κ3) is 4.32. The molecule has 6 heteroatoms. The van der Waals surface area contributed by atoms with Gasteiger partial charge in [0.25, 0.3) is 5.91 Å². The van der Waals surface area contributed by atoms with E-state index in [1.54, 1.807) is 19.2 Å². The smallest absolute Gasteiger partial charge is 0.253 e. The number of carbonyl (C=O) groups excluding carboxylic acids is 2. The molecule has 2 aliphatic rings. The van der Waals surface area contributed by atoms with Gasteiger partial charge in [-0.25, -0.2) is 4.39 Å². The number of methoxy groups -OCH3 is 1. The molecule has 2 amide bonds. The van der Waals surface area contributed by atoms with E-state index >= 15 is 0 Å². The zero-order valence-corrected chi connectivity index (χ0v) is 17.3. The van der Waals surface area contributed by atoms with Crippen LogP contribution in [0.3, 0.4) is 0 Å². The molecule has 5 nitrogen and oxygen atoms in total. The van der Waals surface area contributed by atoms with Crippen molar-refractivity contribution in [3.05, 3.63) is 65.5 Å². The average Bonchev–Trinajstić information content (AvgIpc) is 2.77. The number of amides is 2. The number of carbonyl (C=O) groups is 2. The summed E-state index contributed by atoms with van der Waals surface area (Å²) in [6.07, 6.45) is 3.14. The van der Waals surface area contributed by atoms with Crippen LogP contribution in [0.5, 0.6) is 5.75 Å². The van der Waals surface area contributed by atoms with E-state index in [0.717, 1.165) is 37.1 Å². The van der Waals surface area contributed by atoms with Crippen molar-refractivity contribution in [3.8, 4) is 5.75 Å². The van der Waals surface area contributed by atoms with Crippen LogP contribution < -0.4 is 4.74 Å². The van der Waals surface area contributed by atoms with Gasteiger partial charge in [-0.2, -0.15) is 0 Å². The molecule has 158 valence electrons. The molecule has 2 aliphatic heterocycles. The van der Waals surface area contributed by atoms with Gasteiger partial charge in [-0.05, 0) is 60.6 Å². The van der Waals surface area contributed by atoms with Gasteiger partial charge >= 0.3 is 0 Å². The Labute approximate surface area is 176 Å². The maximum Gasteiger partial charge on any atom is 0.253 e. The molecular weight excluding hydrogens is 383 g/mol. The summed E-state index contributed by atoms with van der Waals surface area (Å²) in [5.74, 6) is 0.478. The van der Waals surface area contributed by atoms with Gasteiger partial charge in [0, 0.05) is 38.2 Å². The van der Waals surface area contributed by atoms with Gasteiger partial charge in [0.1, 0.15) is 11.6 Å². The molecule has 0 unspecified atom stereocenters. The maximum absolute atomic E-state index is 13.5. The van der Waals surface area contributed by atoms with E-state index in [-0.39, 0.29) is 17.2 Å². The summed E-state index contributed by atoms with van der Waals surface area (Å²) >= 11 is 0. The quantitative estimate of drug-likeness (QED) is 0.769. The summed E-state index contributed by atoms with van der Waals surface area (Å²) in [5.41, 5.74) is 1.53. The highest BCUT2D eigenvalue weighted by Crippen LogP contribution is 2.41. The van der Waals surface area contributed by atoms with E-state index in [0.29, 0.717) is 31.6 Å². The van der Waals surface area contributed by atoms with Crippen LogP contribution in [0, 0.1) is 11.2 Å². The Morgan fingerprint density at radius 2 is 1.83 bits per heavy atom. The largest absolute Gasteiger partial charge is 0.497 e. The molecule has 4 rings (SSSR count). The highest BCUT2D eigenvalue weighted by atomic mass is 19.1. The topological polar surface area (TPSA) is 49.9 Å². The van der Waals surface area contributed by atoms with Crippen molar-refractivity contribution >= 4 is 11.8 Å². The van der Waals surface area contributed by atoms with Crippen molar-refractivity contribution in [2.75, 3.05) is 26.7 Å². The van der Waals surface area contributed by atoms with E-state index in [9.17, 15) is 14.0 Å². The normalized spacial score (nSPS) is 18.5. The number of halogens is 1. The van der Waals surface area contributed by atoms with Crippen LogP contribution in [0.2, 0.25) is 0 Å². The molecule has 0 saturated carbocycles. The number of likely N-dealkylation sites (tertiary alicyclic amines) is 2. The number of benzene rings is 2.